The van der Waals surface area contributed by atoms with E-state index in [4.69, 9.17) is 15.6 Å². The lowest BCUT2D eigenvalue weighted by Gasteiger charge is -2.20. The van der Waals surface area contributed by atoms with E-state index in [0.29, 0.717) is 17.8 Å². The summed E-state index contributed by atoms with van der Waals surface area (Å²) >= 11 is 0. The Morgan fingerprint density at radius 1 is 1.33 bits per heavy atom. The van der Waals surface area contributed by atoms with Gasteiger partial charge in [0.15, 0.2) is 5.65 Å². The molecule has 3 aromatic rings. The number of rotatable bonds is 3. The Kier molecular flexibility index (Phi) is 6.73. The number of carboxylic acid groups (broad SMARTS) is 1. The molecule has 0 unspecified atom stereocenters. The van der Waals surface area contributed by atoms with Gasteiger partial charge in [-0.1, -0.05) is 18.2 Å². The Morgan fingerprint density at radius 3 is 2.58 bits per heavy atom. The van der Waals surface area contributed by atoms with Crippen LogP contribution in [0.15, 0.2) is 41.3 Å². The zero-order chi connectivity index (χ0) is 24.3. The number of imidazole rings is 1. The van der Waals surface area contributed by atoms with E-state index in [1.807, 2.05) is 24.3 Å². The molecule has 2 aromatic heterocycles. The number of nitrogens with two attached hydrogens (primary N) is 1. The van der Waals surface area contributed by atoms with Crippen LogP contribution in [0.1, 0.15) is 17.5 Å². The van der Waals surface area contributed by atoms with Gasteiger partial charge in [-0.25, -0.2) is 14.6 Å². The van der Waals surface area contributed by atoms with Crippen LogP contribution in [0.2, 0.25) is 0 Å². The number of alkyl halides is 3. The third-order valence-electron chi connectivity index (χ3n) is 5.26. The van der Waals surface area contributed by atoms with Crippen molar-refractivity contribution in [3.05, 3.63) is 58.1 Å². The smallest absolute Gasteiger partial charge is 0.475 e. The molecule has 12 heteroatoms. The lowest BCUT2D eigenvalue weighted by molar-refractivity contribution is -0.192. The minimum absolute atomic E-state index is 0.140. The number of hydrogen-bond donors (Lipinski definition) is 2. The molecule has 0 bridgehead atoms. The fraction of sp³-hybridized carbons (Fsp3) is 0.333. The molecular formula is C21H21F3N6O3. The zero-order valence-corrected chi connectivity index (χ0v) is 17.6. The number of halogens is 3. The number of anilines is 1. The first-order chi connectivity index (χ1) is 15.5. The molecular weight excluding hydrogens is 441 g/mol. The first kappa shape index (κ1) is 23.8. The molecule has 33 heavy (non-hydrogen) atoms. The molecule has 0 saturated carbocycles. The number of nitrogens with zero attached hydrogens (tertiary/aromatic N) is 5. The highest BCUT2D eigenvalue weighted by Crippen LogP contribution is 2.28. The van der Waals surface area contributed by atoms with Gasteiger partial charge in [-0.3, -0.25) is 9.13 Å². The number of carbonyl (C=O) groups is 1. The number of carboxylic acids is 1. The van der Waals surface area contributed by atoms with Crippen molar-refractivity contribution in [2.24, 2.45) is 12.8 Å². The van der Waals surface area contributed by atoms with Gasteiger partial charge in [0.05, 0.1) is 23.9 Å². The highest BCUT2D eigenvalue weighted by molar-refractivity contribution is 5.87. The van der Waals surface area contributed by atoms with Crippen LogP contribution >= 0.6 is 0 Å². The van der Waals surface area contributed by atoms with Crippen molar-refractivity contribution in [1.82, 2.24) is 14.1 Å². The molecule has 0 aliphatic carbocycles. The molecule has 174 valence electrons. The molecule has 1 aromatic carbocycles. The van der Waals surface area contributed by atoms with Gasteiger partial charge >= 0.3 is 17.8 Å². The maximum absolute atomic E-state index is 12.9. The number of benzene rings is 1. The minimum Gasteiger partial charge on any atom is -0.475 e. The third kappa shape index (κ3) is 4.98. The van der Waals surface area contributed by atoms with Crippen molar-refractivity contribution < 1.29 is 23.1 Å². The number of nitriles is 1. The molecule has 9 nitrogen and oxygen atoms in total. The van der Waals surface area contributed by atoms with Gasteiger partial charge in [-0.05, 0) is 24.1 Å². The Balaban J connectivity index is 0.000000383. The molecule has 0 radical (unpaired) electrons. The number of hydrogen-bond acceptors (Lipinski definition) is 6. The topological polar surface area (TPSA) is 130 Å². The Hall–Kier alpha value is -3.85. The highest BCUT2D eigenvalue weighted by Gasteiger charge is 2.38. The predicted molar refractivity (Wildman–Crippen MR) is 114 cm³/mol. The number of pyridine rings is 1. The normalized spacial score (nSPS) is 15.8. The van der Waals surface area contributed by atoms with Crippen molar-refractivity contribution in [2.45, 2.75) is 25.2 Å². The zero-order valence-electron chi connectivity index (χ0n) is 17.6. The van der Waals surface area contributed by atoms with Crippen LogP contribution in [0.4, 0.5) is 18.9 Å². The number of fused-ring (bicyclic) bond motifs is 1. The lowest BCUT2D eigenvalue weighted by atomic mass is 10.1. The third-order valence-corrected chi connectivity index (χ3v) is 5.26. The van der Waals surface area contributed by atoms with Crippen LogP contribution in [-0.4, -0.2) is 50.5 Å². The molecule has 3 N–H and O–H groups in total. The van der Waals surface area contributed by atoms with E-state index < -0.39 is 12.1 Å². The average molecular weight is 462 g/mol. The van der Waals surface area contributed by atoms with Crippen LogP contribution in [0, 0.1) is 11.3 Å². The first-order valence-corrected chi connectivity index (χ1v) is 9.87. The summed E-state index contributed by atoms with van der Waals surface area (Å²) in [6.07, 6.45) is -2.42. The second-order valence-electron chi connectivity index (χ2n) is 7.50. The van der Waals surface area contributed by atoms with E-state index in [9.17, 15) is 23.2 Å². The molecule has 1 aliphatic rings. The molecule has 1 saturated heterocycles. The molecule has 1 fully saturated rings. The molecule has 1 aliphatic heterocycles. The molecule has 1 atom stereocenters. The van der Waals surface area contributed by atoms with Gasteiger partial charge in [0.2, 0.25) is 0 Å². The molecule has 0 spiro atoms. The van der Waals surface area contributed by atoms with Crippen LogP contribution < -0.4 is 16.3 Å². The maximum atomic E-state index is 12.9. The standard InChI is InChI=1S/C19H20N6O.C2HF3O2/c1-23-18-17(16(6-8-22-18)24-9-7-15(21)12-24)25(19(23)26)11-14-5-3-2-4-13(14)10-20;3-2(4,5)1(6)7/h2-6,8,15H,7,9,11-12,21H2,1H3;(H,6,7)/t15-;/m1./s1. The fourth-order valence-corrected chi connectivity index (χ4v) is 3.65. The van der Waals surface area contributed by atoms with Crippen LogP contribution in [0.3, 0.4) is 0 Å². The number of aliphatic carboxylic acids is 1. The summed E-state index contributed by atoms with van der Waals surface area (Å²) in [5.74, 6) is -2.76. The second-order valence-corrected chi connectivity index (χ2v) is 7.50. The van der Waals surface area contributed by atoms with E-state index in [1.54, 1.807) is 28.4 Å². The summed E-state index contributed by atoms with van der Waals surface area (Å²) in [6.45, 7) is 1.95. The van der Waals surface area contributed by atoms with Gasteiger partial charge < -0.3 is 15.7 Å². The average Bonchev–Trinajstić information content (AvgIpc) is 3.31. The maximum Gasteiger partial charge on any atom is 0.490 e. The SMILES string of the molecule is Cn1c(=O)n(Cc2ccccc2C#N)c2c(N3CC[C@@H](N)C3)ccnc21.O=C(O)C(F)(F)F. The van der Waals surface area contributed by atoms with Crippen molar-refractivity contribution >= 4 is 22.8 Å². The van der Waals surface area contributed by atoms with E-state index in [1.165, 1.54) is 0 Å². The van der Waals surface area contributed by atoms with Gasteiger partial charge in [0.1, 0.15) is 5.52 Å². The highest BCUT2D eigenvalue weighted by atomic mass is 19.4. The Bertz CT molecular complexity index is 1270. The van der Waals surface area contributed by atoms with Crippen LogP contribution in [0.25, 0.3) is 11.2 Å². The molecule has 0 amide bonds. The number of aryl methyl sites for hydroxylation is 1. The summed E-state index contributed by atoms with van der Waals surface area (Å²) in [5.41, 5.74) is 9.73. The largest absolute Gasteiger partial charge is 0.490 e. The summed E-state index contributed by atoms with van der Waals surface area (Å²) in [5, 5.41) is 16.5. The van der Waals surface area contributed by atoms with Gasteiger partial charge in [-0.15, -0.1) is 0 Å². The summed E-state index contributed by atoms with van der Waals surface area (Å²) in [7, 11) is 1.73. The second kappa shape index (κ2) is 9.33. The van der Waals surface area contributed by atoms with Crippen LogP contribution in [0.5, 0.6) is 0 Å². The Labute approximate surface area is 186 Å². The van der Waals surface area contributed by atoms with Gasteiger partial charge in [-0.2, -0.15) is 18.4 Å². The van der Waals surface area contributed by atoms with Crippen molar-refractivity contribution in [2.75, 3.05) is 18.0 Å². The van der Waals surface area contributed by atoms with Gasteiger partial charge in [0.25, 0.3) is 0 Å². The van der Waals surface area contributed by atoms with Crippen LogP contribution in [-0.2, 0) is 18.4 Å². The first-order valence-electron chi connectivity index (χ1n) is 9.87. The number of aromatic nitrogens is 3. The fourth-order valence-electron chi connectivity index (χ4n) is 3.65. The summed E-state index contributed by atoms with van der Waals surface area (Å²) in [6, 6.07) is 11.6. The van der Waals surface area contributed by atoms with E-state index in [0.717, 1.165) is 36.3 Å². The predicted octanol–water partition coefficient (Wildman–Crippen LogP) is 1.83. The summed E-state index contributed by atoms with van der Waals surface area (Å²) < 4.78 is 35.0. The lowest BCUT2D eigenvalue weighted by Crippen LogP contribution is -2.27. The summed E-state index contributed by atoms with van der Waals surface area (Å²) in [4.78, 5) is 28.4. The quantitative estimate of drug-likeness (QED) is 0.607. The Morgan fingerprint density at radius 2 is 2.00 bits per heavy atom. The van der Waals surface area contributed by atoms with Crippen molar-refractivity contribution in [3.8, 4) is 6.07 Å². The van der Waals surface area contributed by atoms with Crippen molar-refractivity contribution in [3.63, 3.8) is 0 Å². The monoisotopic (exact) mass is 462 g/mol. The molecule has 4 rings (SSSR count). The van der Waals surface area contributed by atoms with E-state index in [-0.39, 0.29) is 11.7 Å². The minimum atomic E-state index is -5.08. The van der Waals surface area contributed by atoms with E-state index in [2.05, 4.69) is 16.0 Å². The van der Waals surface area contributed by atoms with Gasteiger partial charge in [0, 0.05) is 32.4 Å². The van der Waals surface area contributed by atoms with E-state index >= 15 is 0 Å². The molecule has 3 heterocycles. The van der Waals surface area contributed by atoms with Crippen molar-refractivity contribution in [1.29, 1.82) is 5.26 Å².